The molecule has 0 N–H and O–H groups in total. The van der Waals surface area contributed by atoms with Crippen LogP contribution in [-0.2, 0) is 0 Å². The van der Waals surface area contributed by atoms with Gasteiger partial charge in [-0.2, -0.15) is 0 Å². The zero-order valence-corrected chi connectivity index (χ0v) is 14.6. The molecule has 3 aromatic carbocycles. The number of ether oxygens (including phenoxy) is 2. The predicted octanol–water partition coefficient (Wildman–Crippen LogP) is 5.57. The molecule has 0 bridgehead atoms. The Labute approximate surface area is 157 Å². The molecule has 0 fully saturated rings. The number of benzene rings is 3. The first-order valence-electron chi connectivity index (χ1n) is 8.23. The Kier molecular flexibility index (Phi) is 5.63. The lowest BCUT2D eigenvalue weighted by Crippen LogP contribution is -2.13. The normalized spacial score (nSPS) is 11.2. The van der Waals surface area contributed by atoms with Gasteiger partial charge in [-0.3, -0.25) is 0 Å². The Hall–Kier alpha value is -3.35. The van der Waals surface area contributed by atoms with Gasteiger partial charge in [0.15, 0.2) is 11.6 Å². The minimum absolute atomic E-state index is 0.0141. The summed E-state index contributed by atoms with van der Waals surface area (Å²) < 4.78 is 65.5. The molecule has 0 unspecified atom stereocenters. The molecule has 0 atom stereocenters. The SMILES string of the molecule is CC=CCOc1cc(F)c(C(=O)Oc2ccc3c(F)c(F)ccc3c2)c(F)c1. The van der Waals surface area contributed by atoms with Gasteiger partial charge in [0.1, 0.15) is 35.3 Å². The van der Waals surface area contributed by atoms with Crippen LogP contribution < -0.4 is 9.47 Å². The fourth-order valence-electron chi connectivity index (χ4n) is 2.53. The van der Waals surface area contributed by atoms with E-state index in [1.165, 1.54) is 24.3 Å². The first-order chi connectivity index (χ1) is 13.4. The average Bonchev–Trinajstić information content (AvgIpc) is 2.64. The summed E-state index contributed by atoms with van der Waals surface area (Å²) in [5, 5.41) is 0.248. The number of esters is 1. The van der Waals surface area contributed by atoms with E-state index in [1.54, 1.807) is 19.1 Å². The Bertz CT molecular complexity index is 1050. The Morgan fingerprint density at radius 2 is 1.64 bits per heavy atom. The van der Waals surface area contributed by atoms with Gasteiger partial charge in [0.2, 0.25) is 0 Å². The van der Waals surface area contributed by atoms with Crippen LogP contribution in [0.2, 0.25) is 0 Å². The summed E-state index contributed by atoms with van der Waals surface area (Å²) in [6.07, 6.45) is 3.36. The fraction of sp³-hybridized carbons (Fsp3) is 0.0952. The number of hydrogen-bond donors (Lipinski definition) is 0. The standard InChI is InChI=1S/C21H14F4O3/c1-2-3-8-27-14-10-17(23)19(18(24)11-14)21(26)28-13-5-6-15-12(9-13)4-7-16(22)20(15)25/h2-7,9-11H,8H2,1H3. The van der Waals surface area contributed by atoms with Crippen molar-refractivity contribution >= 4 is 16.7 Å². The molecule has 0 aliphatic rings. The molecule has 0 spiro atoms. The van der Waals surface area contributed by atoms with E-state index in [0.29, 0.717) is 0 Å². The highest BCUT2D eigenvalue weighted by Gasteiger charge is 2.21. The van der Waals surface area contributed by atoms with Gasteiger partial charge in [0, 0.05) is 17.5 Å². The smallest absolute Gasteiger partial charge is 0.349 e. The molecule has 0 radical (unpaired) electrons. The second kappa shape index (κ2) is 8.12. The summed E-state index contributed by atoms with van der Waals surface area (Å²) in [7, 11) is 0. The van der Waals surface area contributed by atoms with Crippen molar-refractivity contribution in [3.05, 3.63) is 83.4 Å². The van der Waals surface area contributed by atoms with Gasteiger partial charge in [-0.25, -0.2) is 22.4 Å². The quantitative estimate of drug-likeness (QED) is 0.247. The molecule has 0 aliphatic heterocycles. The Morgan fingerprint density at radius 1 is 0.929 bits per heavy atom. The van der Waals surface area contributed by atoms with Crippen molar-refractivity contribution in [2.24, 2.45) is 0 Å². The van der Waals surface area contributed by atoms with Crippen LogP contribution in [0.15, 0.2) is 54.6 Å². The van der Waals surface area contributed by atoms with Crippen molar-refractivity contribution in [3.63, 3.8) is 0 Å². The Morgan fingerprint density at radius 3 is 2.32 bits per heavy atom. The summed E-state index contributed by atoms with van der Waals surface area (Å²) in [6, 6.07) is 7.65. The van der Waals surface area contributed by atoms with E-state index in [-0.39, 0.29) is 28.9 Å². The van der Waals surface area contributed by atoms with Crippen molar-refractivity contribution in [1.29, 1.82) is 0 Å². The molecule has 3 nitrogen and oxygen atoms in total. The molecule has 7 heteroatoms. The lowest BCUT2D eigenvalue weighted by molar-refractivity contribution is 0.0724. The third-order valence-electron chi connectivity index (χ3n) is 3.89. The summed E-state index contributed by atoms with van der Waals surface area (Å²) in [5.41, 5.74) is -0.885. The van der Waals surface area contributed by atoms with Crippen LogP contribution in [0.3, 0.4) is 0 Å². The summed E-state index contributed by atoms with van der Waals surface area (Å²) in [5.74, 6) is -5.76. The maximum absolute atomic E-state index is 14.2. The molecule has 28 heavy (non-hydrogen) atoms. The van der Waals surface area contributed by atoms with Crippen LogP contribution in [0.5, 0.6) is 11.5 Å². The first-order valence-corrected chi connectivity index (χ1v) is 8.23. The molecule has 144 valence electrons. The van der Waals surface area contributed by atoms with Gasteiger partial charge in [-0.05, 0) is 36.6 Å². The van der Waals surface area contributed by atoms with Gasteiger partial charge in [0.05, 0.1) is 0 Å². The average molecular weight is 390 g/mol. The predicted molar refractivity (Wildman–Crippen MR) is 95.5 cm³/mol. The van der Waals surface area contributed by atoms with Crippen LogP contribution in [0, 0.1) is 23.3 Å². The van der Waals surface area contributed by atoms with Crippen molar-refractivity contribution in [1.82, 2.24) is 0 Å². The van der Waals surface area contributed by atoms with E-state index in [0.717, 1.165) is 18.2 Å². The number of halogens is 4. The molecule has 0 saturated heterocycles. The van der Waals surface area contributed by atoms with Crippen molar-refractivity contribution < 1.29 is 31.8 Å². The van der Waals surface area contributed by atoms with E-state index in [9.17, 15) is 22.4 Å². The molecular formula is C21H14F4O3. The highest BCUT2D eigenvalue weighted by molar-refractivity contribution is 5.93. The van der Waals surface area contributed by atoms with Crippen molar-refractivity contribution in [2.45, 2.75) is 6.92 Å². The molecule has 3 aromatic rings. The molecule has 3 rings (SSSR count). The summed E-state index contributed by atoms with van der Waals surface area (Å²) in [4.78, 5) is 12.2. The van der Waals surface area contributed by atoms with Crippen LogP contribution in [0.1, 0.15) is 17.3 Å². The van der Waals surface area contributed by atoms with Gasteiger partial charge < -0.3 is 9.47 Å². The number of carbonyl (C=O) groups is 1. The molecule has 0 amide bonds. The number of allylic oxidation sites excluding steroid dienone is 1. The minimum Gasteiger partial charge on any atom is -0.489 e. The molecular weight excluding hydrogens is 376 g/mol. The zero-order chi connectivity index (χ0) is 20.3. The van der Waals surface area contributed by atoms with Crippen molar-refractivity contribution in [3.8, 4) is 11.5 Å². The van der Waals surface area contributed by atoms with Gasteiger partial charge in [0.25, 0.3) is 0 Å². The van der Waals surface area contributed by atoms with Gasteiger partial charge in [-0.1, -0.05) is 18.2 Å². The maximum Gasteiger partial charge on any atom is 0.349 e. The van der Waals surface area contributed by atoms with Crippen LogP contribution >= 0.6 is 0 Å². The maximum atomic E-state index is 14.2. The third-order valence-corrected chi connectivity index (χ3v) is 3.89. The lowest BCUT2D eigenvalue weighted by atomic mass is 10.1. The van der Waals surface area contributed by atoms with Crippen LogP contribution in [0.4, 0.5) is 17.6 Å². The van der Waals surface area contributed by atoms with E-state index in [1.807, 2.05) is 0 Å². The molecule has 0 saturated carbocycles. The summed E-state index contributed by atoms with van der Waals surface area (Å²) >= 11 is 0. The van der Waals surface area contributed by atoms with Crippen molar-refractivity contribution in [2.75, 3.05) is 6.61 Å². The van der Waals surface area contributed by atoms with E-state index >= 15 is 0 Å². The number of rotatable bonds is 5. The number of hydrogen-bond acceptors (Lipinski definition) is 3. The van der Waals surface area contributed by atoms with E-state index < -0.39 is 34.8 Å². The van der Waals surface area contributed by atoms with Gasteiger partial charge >= 0.3 is 5.97 Å². The fourth-order valence-corrected chi connectivity index (χ4v) is 2.53. The second-order valence-corrected chi connectivity index (χ2v) is 5.78. The van der Waals surface area contributed by atoms with E-state index in [4.69, 9.17) is 9.47 Å². The van der Waals surface area contributed by atoms with Crippen LogP contribution in [-0.4, -0.2) is 12.6 Å². The van der Waals surface area contributed by atoms with E-state index in [2.05, 4.69) is 0 Å². The largest absolute Gasteiger partial charge is 0.489 e. The van der Waals surface area contributed by atoms with Gasteiger partial charge in [-0.15, -0.1) is 0 Å². The highest BCUT2D eigenvalue weighted by atomic mass is 19.2. The number of carbonyl (C=O) groups excluding carboxylic acids is 1. The number of fused-ring (bicyclic) bond motifs is 1. The first kappa shape index (κ1) is 19.4. The highest BCUT2D eigenvalue weighted by Crippen LogP contribution is 2.27. The Balaban J connectivity index is 1.84. The molecule has 0 aromatic heterocycles. The topological polar surface area (TPSA) is 35.5 Å². The second-order valence-electron chi connectivity index (χ2n) is 5.78. The third kappa shape index (κ3) is 3.98. The van der Waals surface area contributed by atoms with Crippen LogP contribution in [0.25, 0.3) is 10.8 Å². The lowest BCUT2D eigenvalue weighted by Gasteiger charge is -2.10. The minimum atomic E-state index is -1.27. The summed E-state index contributed by atoms with van der Waals surface area (Å²) in [6.45, 7) is 1.88. The zero-order valence-electron chi connectivity index (χ0n) is 14.6. The monoisotopic (exact) mass is 390 g/mol. The molecule has 0 aliphatic carbocycles. The molecule has 0 heterocycles.